The first-order chi connectivity index (χ1) is 9.06. The number of halogens is 2. The molecule has 0 saturated heterocycles. The third-order valence-corrected chi connectivity index (χ3v) is 2.88. The van der Waals surface area contributed by atoms with Gasteiger partial charge in [-0.1, -0.05) is 15.9 Å². The summed E-state index contributed by atoms with van der Waals surface area (Å²) in [7, 11) is 0. The summed E-state index contributed by atoms with van der Waals surface area (Å²) in [6.45, 7) is 0.182. The molecule has 4 nitrogen and oxygen atoms in total. The first-order valence-corrected chi connectivity index (χ1v) is 6.23. The molecule has 1 aromatic heterocycles. The molecule has 2 aromatic rings. The van der Waals surface area contributed by atoms with Crippen LogP contribution in [0.1, 0.15) is 11.3 Å². The number of nitrogens with one attached hydrogen (secondary N) is 1. The highest BCUT2D eigenvalue weighted by Crippen LogP contribution is 2.22. The highest BCUT2D eigenvalue weighted by Gasteiger charge is 2.05. The lowest BCUT2D eigenvalue weighted by molar-refractivity contribution is 0.290. The number of aromatic nitrogens is 1. The third kappa shape index (κ3) is 3.51. The van der Waals surface area contributed by atoms with E-state index in [1.54, 1.807) is 24.3 Å². The molecule has 19 heavy (non-hydrogen) atoms. The Morgan fingerprint density at radius 3 is 2.84 bits per heavy atom. The number of ether oxygens (including phenoxy) is 1. The number of nitrogen functional groups attached to an aromatic ring is 1. The second kappa shape index (κ2) is 5.79. The van der Waals surface area contributed by atoms with Crippen LogP contribution in [0.25, 0.3) is 0 Å². The Balaban J connectivity index is 2.10. The van der Waals surface area contributed by atoms with E-state index in [-0.39, 0.29) is 18.2 Å². The molecular formula is C13H11BrFN3O. The van der Waals surface area contributed by atoms with Crippen LogP contribution in [0.2, 0.25) is 0 Å². The van der Waals surface area contributed by atoms with Gasteiger partial charge in [0.15, 0.2) is 11.6 Å². The zero-order chi connectivity index (χ0) is 13.8. The monoisotopic (exact) mass is 323 g/mol. The maximum atomic E-state index is 13.5. The Bertz CT molecular complexity index is 619. The first-order valence-electron chi connectivity index (χ1n) is 5.43. The van der Waals surface area contributed by atoms with E-state index in [0.717, 1.165) is 5.56 Å². The lowest BCUT2D eigenvalue weighted by atomic mass is 10.2. The van der Waals surface area contributed by atoms with E-state index in [9.17, 15) is 4.39 Å². The van der Waals surface area contributed by atoms with Crippen molar-refractivity contribution >= 4 is 21.8 Å². The van der Waals surface area contributed by atoms with Gasteiger partial charge in [0.05, 0.1) is 0 Å². The van der Waals surface area contributed by atoms with Crippen LogP contribution in [0.5, 0.6) is 5.75 Å². The third-order valence-electron chi connectivity index (χ3n) is 2.39. The Morgan fingerprint density at radius 2 is 2.16 bits per heavy atom. The summed E-state index contributed by atoms with van der Waals surface area (Å²) in [5.41, 5.74) is 6.48. The fourth-order valence-corrected chi connectivity index (χ4v) is 1.80. The molecule has 0 fully saturated rings. The van der Waals surface area contributed by atoms with Crippen molar-refractivity contribution in [2.24, 2.45) is 5.73 Å². The van der Waals surface area contributed by atoms with Crippen molar-refractivity contribution < 1.29 is 9.13 Å². The minimum absolute atomic E-state index is 0.114. The van der Waals surface area contributed by atoms with Crippen molar-refractivity contribution in [2.45, 2.75) is 6.61 Å². The predicted octanol–water partition coefficient (Wildman–Crippen LogP) is 2.85. The van der Waals surface area contributed by atoms with Crippen LogP contribution in [0.15, 0.2) is 41.0 Å². The molecule has 0 spiro atoms. The molecule has 0 aliphatic carbocycles. The standard InChI is InChI=1S/C13H11BrFN3O/c14-9-1-2-12(10(15)6-9)19-7-8-3-4-18-11(5-8)13(16)17/h1-6H,7H2,(H3,16,17). The van der Waals surface area contributed by atoms with Gasteiger partial charge in [0.2, 0.25) is 0 Å². The molecule has 6 heteroatoms. The van der Waals surface area contributed by atoms with Crippen molar-refractivity contribution in [2.75, 3.05) is 0 Å². The molecule has 0 aliphatic heterocycles. The largest absolute Gasteiger partial charge is 0.486 e. The fraction of sp³-hybridized carbons (Fsp3) is 0.0769. The predicted molar refractivity (Wildman–Crippen MR) is 73.7 cm³/mol. The highest BCUT2D eigenvalue weighted by atomic mass is 79.9. The summed E-state index contributed by atoms with van der Waals surface area (Å²) in [6, 6.07) is 7.95. The summed E-state index contributed by atoms with van der Waals surface area (Å²) >= 11 is 3.18. The molecule has 1 heterocycles. The number of benzene rings is 1. The zero-order valence-electron chi connectivity index (χ0n) is 9.86. The summed E-state index contributed by atoms with van der Waals surface area (Å²) in [5, 5.41) is 7.30. The van der Waals surface area contributed by atoms with Gasteiger partial charge in [-0.25, -0.2) is 4.39 Å². The Morgan fingerprint density at radius 1 is 1.37 bits per heavy atom. The SMILES string of the molecule is N=C(N)c1cc(COc2ccc(Br)cc2F)ccn1. The van der Waals surface area contributed by atoms with Crippen LogP contribution in [0.4, 0.5) is 4.39 Å². The first kappa shape index (κ1) is 13.5. The van der Waals surface area contributed by atoms with Gasteiger partial charge in [-0.05, 0) is 35.9 Å². The average molecular weight is 324 g/mol. The smallest absolute Gasteiger partial charge is 0.166 e. The lowest BCUT2D eigenvalue weighted by Crippen LogP contribution is -2.13. The van der Waals surface area contributed by atoms with Crippen LogP contribution in [-0.4, -0.2) is 10.8 Å². The van der Waals surface area contributed by atoms with Gasteiger partial charge in [0.25, 0.3) is 0 Å². The Kier molecular flexibility index (Phi) is 4.11. The van der Waals surface area contributed by atoms with Crippen molar-refractivity contribution in [3.8, 4) is 5.75 Å². The molecule has 1 aromatic carbocycles. The van der Waals surface area contributed by atoms with E-state index in [4.69, 9.17) is 15.9 Å². The highest BCUT2D eigenvalue weighted by molar-refractivity contribution is 9.10. The van der Waals surface area contributed by atoms with Gasteiger partial charge in [0.1, 0.15) is 18.1 Å². The molecule has 2 rings (SSSR count). The molecule has 0 atom stereocenters. The molecule has 98 valence electrons. The minimum atomic E-state index is -0.435. The topological polar surface area (TPSA) is 72.0 Å². The summed E-state index contributed by atoms with van der Waals surface area (Å²) < 4.78 is 19.6. The Hall–Kier alpha value is -1.95. The Labute approximate surface area is 118 Å². The van der Waals surface area contributed by atoms with Crippen molar-refractivity contribution in [3.63, 3.8) is 0 Å². The molecule has 3 N–H and O–H groups in total. The molecular weight excluding hydrogens is 313 g/mol. The molecule has 0 saturated carbocycles. The minimum Gasteiger partial charge on any atom is -0.486 e. The van der Waals surface area contributed by atoms with Crippen molar-refractivity contribution in [1.29, 1.82) is 5.41 Å². The quantitative estimate of drug-likeness (QED) is 0.671. The van der Waals surface area contributed by atoms with E-state index >= 15 is 0 Å². The molecule has 0 aliphatic rings. The number of nitrogens with zero attached hydrogens (tertiary/aromatic N) is 1. The molecule has 0 radical (unpaired) electrons. The van der Waals surface area contributed by atoms with Gasteiger partial charge in [-0.2, -0.15) is 0 Å². The number of rotatable bonds is 4. The van der Waals surface area contributed by atoms with Gasteiger partial charge in [-0.3, -0.25) is 10.4 Å². The fourth-order valence-electron chi connectivity index (χ4n) is 1.46. The molecule has 0 amide bonds. The van der Waals surface area contributed by atoms with Crippen LogP contribution < -0.4 is 10.5 Å². The summed E-state index contributed by atoms with van der Waals surface area (Å²) in [4.78, 5) is 3.94. The molecule has 0 bridgehead atoms. The summed E-state index contributed by atoms with van der Waals surface area (Å²) in [5.74, 6) is -0.378. The van der Waals surface area contributed by atoms with Crippen LogP contribution in [0, 0.1) is 11.2 Å². The average Bonchev–Trinajstić information content (AvgIpc) is 2.38. The number of amidine groups is 1. The van der Waals surface area contributed by atoms with E-state index in [0.29, 0.717) is 10.2 Å². The van der Waals surface area contributed by atoms with Crippen LogP contribution in [-0.2, 0) is 6.61 Å². The molecule has 0 unspecified atom stereocenters. The normalized spacial score (nSPS) is 10.2. The van der Waals surface area contributed by atoms with Crippen LogP contribution in [0.3, 0.4) is 0 Å². The summed E-state index contributed by atoms with van der Waals surface area (Å²) in [6.07, 6.45) is 1.54. The van der Waals surface area contributed by atoms with E-state index in [1.807, 2.05) is 0 Å². The van der Waals surface area contributed by atoms with Gasteiger partial charge >= 0.3 is 0 Å². The number of hydrogen-bond donors (Lipinski definition) is 2. The van der Waals surface area contributed by atoms with E-state index in [2.05, 4.69) is 20.9 Å². The number of hydrogen-bond acceptors (Lipinski definition) is 3. The van der Waals surface area contributed by atoms with Gasteiger partial charge < -0.3 is 10.5 Å². The van der Waals surface area contributed by atoms with Crippen LogP contribution >= 0.6 is 15.9 Å². The maximum Gasteiger partial charge on any atom is 0.166 e. The number of pyridine rings is 1. The van der Waals surface area contributed by atoms with Crippen molar-refractivity contribution in [3.05, 3.63) is 58.1 Å². The second-order valence-corrected chi connectivity index (χ2v) is 4.74. The number of nitrogens with two attached hydrogens (primary N) is 1. The van der Waals surface area contributed by atoms with E-state index in [1.165, 1.54) is 12.3 Å². The maximum absolute atomic E-state index is 13.5. The van der Waals surface area contributed by atoms with E-state index < -0.39 is 5.82 Å². The zero-order valence-corrected chi connectivity index (χ0v) is 11.4. The van der Waals surface area contributed by atoms with Gasteiger partial charge in [0, 0.05) is 10.7 Å². The van der Waals surface area contributed by atoms with Gasteiger partial charge in [-0.15, -0.1) is 0 Å². The lowest BCUT2D eigenvalue weighted by Gasteiger charge is -2.08. The second-order valence-electron chi connectivity index (χ2n) is 3.83. The van der Waals surface area contributed by atoms with Crippen molar-refractivity contribution in [1.82, 2.24) is 4.98 Å².